The number of aryl methyl sites for hydroxylation is 1. The van der Waals surface area contributed by atoms with Crippen LogP contribution in [0.5, 0.6) is 0 Å². The number of pyridine rings is 2. The molecule has 6 nitrogen and oxygen atoms in total. The van der Waals surface area contributed by atoms with E-state index in [1.54, 1.807) is 23.6 Å². The maximum atomic E-state index is 12.8. The molecule has 3 heterocycles. The lowest BCUT2D eigenvalue weighted by Gasteiger charge is -2.11. The van der Waals surface area contributed by atoms with E-state index in [1.807, 2.05) is 59.3 Å². The van der Waals surface area contributed by atoms with Crippen molar-refractivity contribution < 1.29 is 9.59 Å². The highest BCUT2D eigenvalue weighted by Gasteiger charge is 2.15. The van der Waals surface area contributed by atoms with Crippen LogP contribution in [0.15, 0.2) is 71.6 Å². The Labute approximate surface area is 171 Å². The van der Waals surface area contributed by atoms with Gasteiger partial charge in [0.25, 0.3) is 5.91 Å². The van der Waals surface area contributed by atoms with E-state index >= 15 is 0 Å². The first-order valence-corrected chi connectivity index (χ1v) is 10.1. The number of amides is 2. The van der Waals surface area contributed by atoms with E-state index in [4.69, 9.17) is 0 Å². The highest BCUT2D eigenvalue weighted by Crippen LogP contribution is 2.23. The molecule has 7 heteroatoms. The number of nitrogens with one attached hydrogen (secondary N) is 2. The quantitative estimate of drug-likeness (QED) is 0.498. The number of nitrogens with zero attached hydrogens (tertiary/aromatic N) is 2. The summed E-state index contributed by atoms with van der Waals surface area (Å²) in [5, 5.41) is 4.69. The molecule has 29 heavy (non-hydrogen) atoms. The Kier molecular flexibility index (Phi) is 5.58. The van der Waals surface area contributed by atoms with E-state index in [1.165, 1.54) is 0 Å². The van der Waals surface area contributed by atoms with Gasteiger partial charge in [0.05, 0.1) is 22.5 Å². The molecule has 0 aliphatic carbocycles. The molecule has 0 saturated heterocycles. The van der Waals surface area contributed by atoms with Gasteiger partial charge < -0.3 is 0 Å². The normalized spacial score (nSPS) is 10.6. The molecule has 2 N–H and O–H groups in total. The summed E-state index contributed by atoms with van der Waals surface area (Å²) in [5.74, 6) is -0.641. The van der Waals surface area contributed by atoms with Crippen LogP contribution in [0.3, 0.4) is 0 Å². The number of carbonyl (C=O) groups excluding carboxylic acids is 2. The fraction of sp³-hybridized carbons (Fsp3) is 0.0909. The van der Waals surface area contributed by atoms with Gasteiger partial charge in [0.15, 0.2) is 0 Å². The van der Waals surface area contributed by atoms with Gasteiger partial charge in [-0.3, -0.25) is 25.4 Å². The maximum Gasteiger partial charge on any atom is 0.270 e. The monoisotopic (exact) mass is 402 g/mol. The summed E-state index contributed by atoms with van der Waals surface area (Å²) in [6.07, 6.45) is 2.61. The fourth-order valence-corrected chi connectivity index (χ4v) is 3.66. The van der Waals surface area contributed by atoms with Gasteiger partial charge in [0.2, 0.25) is 5.91 Å². The lowest BCUT2D eigenvalue weighted by molar-refractivity contribution is -0.121. The van der Waals surface area contributed by atoms with Crippen molar-refractivity contribution in [2.24, 2.45) is 0 Å². The van der Waals surface area contributed by atoms with E-state index in [9.17, 15) is 9.59 Å². The first-order chi connectivity index (χ1) is 14.2. The maximum absolute atomic E-state index is 12.8. The summed E-state index contributed by atoms with van der Waals surface area (Å²) in [5.41, 5.74) is 8.50. The van der Waals surface area contributed by atoms with E-state index in [-0.39, 0.29) is 5.91 Å². The standard InChI is InChI=1S/C22H18N4O2S/c27-21(9-8-15-10-12-29-14-15)25-26-22(28)17-13-20(19-7-3-4-11-23-19)24-18-6-2-1-5-16(17)18/h1-7,10-14H,8-9H2,(H,25,27)(H,26,28). The van der Waals surface area contributed by atoms with Crippen LogP contribution in [0, 0.1) is 0 Å². The van der Waals surface area contributed by atoms with E-state index < -0.39 is 5.91 Å². The average molecular weight is 402 g/mol. The van der Waals surface area contributed by atoms with E-state index in [0.29, 0.717) is 40.7 Å². The van der Waals surface area contributed by atoms with Crippen molar-refractivity contribution in [3.8, 4) is 11.4 Å². The van der Waals surface area contributed by atoms with Crippen LogP contribution < -0.4 is 10.9 Å². The number of para-hydroxylation sites is 1. The lowest BCUT2D eigenvalue weighted by atomic mass is 10.1. The molecule has 0 aliphatic heterocycles. The zero-order chi connectivity index (χ0) is 20.1. The summed E-state index contributed by atoms with van der Waals surface area (Å²) >= 11 is 1.59. The molecule has 1 aromatic carbocycles. The first kappa shape index (κ1) is 18.8. The third kappa shape index (κ3) is 4.47. The summed E-state index contributed by atoms with van der Waals surface area (Å²) in [4.78, 5) is 33.8. The van der Waals surface area contributed by atoms with E-state index in [0.717, 1.165) is 5.56 Å². The van der Waals surface area contributed by atoms with Crippen LogP contribution in [0.4, 0.5) is 0 Å². The third-order valence-electron chi connectivity index (χ3n) is 4.42. The largest absolute Gasteiger partial charge is 0.273 e. The van der Waals surface area contributed by atoms with Crippen molar-refractivity contribution >= 4 is 34.1 Å². The van der Waals surface area contributed by atoms with Gasteiger partial charge in [0, 0.05) is 18.0 Å². The molecule has 3 aromatic heterocycles. The second-order valence-corrected chi connectivity index (χ2v) is 7.20. The number of hydrazine groups is 1. The fourth-order valence-electron chi connectivity index (χ4n) is 2.96. The van der Waals surface area contributed by atoms with Crippen molar-refractivity contribution in [3.63, 3.8) is 0 Å². The minimum Gasteiger partial charge on any atom is -0.273 e. The van der Waals surface area contributed by atoms with E-state index in [2.05, 4.69) is 20.8 Å². The van der Waals surface area contributed by atoms with Gasteiger partial charge >= 0.3 is 0 Å². The van der Waals surface area contributed by atoms with Crippen LogP contribution >= 0.6 is 11.3 Å². The van der Waals surface area contributed by atoms with Crippen molar-refractivity contribution in [1.29, 1.82) is 0 Å². The molecule has 0 radical (unpaired) electrons. The van der Waals surface area contributed by atoms with Crippen LogP contribution in [0.2, 0.25) is 0 Å². The SMILES string of the molecule is O=C(CCc1ccsc1)NNC(=O)c1cc(-c2ccccn2)nc2ccccc12. The minimum absolute atomic E-state index is 0.243. The minimum atomic E-state index is -0.398. The number of hydrogen-bond donors (Lipinski definition) is 2. The molecule has 0 bridgehead atoms. The van der Waals surface area contributed by atoms with Crippen molar-refractivity contribution in [2.75, 3.05) is 0 Å². The molecule has 2 amide bonds. The molecule has 4 aromatic rings. The average Bonchev–Trinajstić information content (AvgIpc) is 3.29. The number of rotatable bonds is 5. The molecule has 0 fully saturated rings. The van der Waals surface area contributed by atoms with Crippen LogP contribution in [-0.4, -0.2) is 21.8 Å². The number of thiophene rings is 1. The third-order valence-corrected chi connectivity index (χ3v) is 5.16. The Hall–Kier alpha value is -3.58. The molecular weight excluding hydrogens is 384 g/mol. The molecule has 4 rings (SSSR count). The zero-order valence-electron chi connectivity index (χ0n) is 15.5. The Morgan fingerprint density at radius 3 is 2.62 bits per heavy atom. The summed E-state index contributed by atoms with van der Waals surface area (Å²) in [7, 11) is 0. The van der Waals surface area contributed by atoms with Gasteiger partial charge in [-0.15, -0.1) is 0 Å². The molecular formula is C22H18N4O2S. The second kappa shape index (κ2) is 8.62. The Morgan fingerprint density at radius 1 is 0.966 bits per heavy atom. The van der Waals surface area contributed by atoms with Gasteiger partial charge in [0.1, 0.15) is 0 Å². The van der Waals surface area contributed by atoms with Crippen LogP contribution in [-0.2, 0) is 11.2 Å². The summed E-state index contributed by atoms with van der Waals surface area (Å²) < 4.78 is 0. The number of carbonyl (C=O) groups is 2. The van der Waals surface area contributed by atoms with Gasteiger partial charge in [-0.05, 0) is 53.1 Å². The van der Waals surface area contributed by atoms with Gasteiger partial charge in [-0.2, -0.15) is 11.3 Å². The molecule has 0 saturated carbocycles. The highest BCUT2D eigenvalue weighted by molar-refractivity contribution is 7.07. The topological polar surface area (TPSA) is 84.0 Å². The van der Waals surface area contributed by atoms with Crippen LogP contribution in [0.1, 0.15) is 22.3 Å². The number of aromatic nitrogens is 2. The highest BCUT2D eigenvalue weighted by atomic mass is 32.1. The molecule has 0 unspecified atom stereocenters. The Balaban J connectivity index is 1.52. The van der Waals surface area contributed by atoms with Crippen molar-refractivity contribution in [2.45, 2.75) is 12.8 Å². The molecule has 144 valence electrons. The Morgan fingerprint density at radius 2 is 1.83 bits per heavy atom. The number of benzene rings is 1. The molecule has 0 spiro atoms. The van der Waals surface area contributed by atoms with Gasteiger partial charge in [-0.25, -0.2) is 4.98 Å². The Bertz CT molecular complexity index is 1140. The number of hydrogen-bond acceptors (Lipinski definition) is 5. The second-order valence-electron chi connectivity index (χ2n) is 6.42. The molecule has 0 atom stereocenters. The summed E-state index contributed by atoms with van der Waals surface area (Å²) in [6, 6.07) is 16.6. The first-order valence-electron chi connectivity index (χ1n) is 9.12. The van der Waals surface area contributed by atoms with Crippen molar-refractivity contribution in [3.05, 3.63) is 82.7 Å². The predicted octanol–water partition coefficient (Wildman–Crippen LogP) is 3.75. The smallest absolute Gasteiger partial charge is 0.270 e. The van der Waals surface area contributed by atoms with Crippen molar-refractivity contribution in [1.82, 2.24) is 20.8 Å². The lowest BCUT2D eigenvalue weighted by Crippen LogP contribution is -2.41. The number of fused-ring (bicyclic) bond motifs is 1. The zero-order valence-corrected chi connectivity index (χ0v) is 16.3. The predicted molar refractivity (Wildman–Crippen MR) is 113 cm³/mol. The summed E-state index contributed by atoms with van der Waals surface area (Å²) in [6.45, 7) is 0. The molecule has 0 aliphatic rings. The van der Waals surface area contributed by atoms with Crippen LogP contribution in [0.25, 0.3) is 22.3 Å². The van der Waals surface area contributed by atoms with Gasteiger partial charge in [-0.1, -0.05) is 24.3 Å².